The third-order valence-electron chi connectivity index (χ3n) is 3.92. The number of benzene rings is 1. The van der Waals surface area contributed by atoms with E-state index in [0.29, 0.717) is 12.5 Å². The summed E-state index contributed by atoms with van der Waals surface area (Å²) in [4.78, 5) is 11.5. The summed E-state index contributed by atoms with van der Waals surface area (Å²) in [5, 5.41) is 12.6. The van der Waals surface area contributed by atoms with Gasteiger partial charge in [-0.15, -0.1) is 0 Å². The molecule has 0 saturated heterocycles. The molecule has 1 fully saturated rings. The van der Waals surface area contributed by atoms with Gasteiger partial charge in [-0.25, -0.2) is 0 Å². The third kappa shape index (κ3) is 3.10. The molecule has 0 radical (unpaired) electrons. The molecule has 0 heterocycles. The number of carboxylic acid groups (broad SMARTS) is 1. The van der Waals surface area contributed by atoms with Crippen LogP contribution in [0.5, 0.6) is 0 Å². The fourth-order valence-corrected chi connectivity index (χ4v) is 2.40. The van der Waals surface area contributed by atoms with Crippen LogP contribution in [0.25, 0.3) is 0 Å². The maximum absolute atomic E-state index is 11.5. The minimum atomic E-state index is -0.805. The predicted octanol–water partition coefficient (Wildman–Crippen LogP) is 2.81. The molecule has 3 heteroatoms. The van der Waals surface area contributed by atoms with E-state index < -0.39 is 11.5 Å². The highest BCUT2D eigenvalue weighted by Crippen LogP contribution is 2.33. The summed E-state index contributed by atoms with van der Waals surface area (Å²) in [6.07, 6.45) is 4.33. The minimum absolute atomic E-state index is 0.578. The molecule has 1 saturated carbocycles. The van der Waals surface area contributed by atoms with Gasteiger partial charge < -0.3 is 5.11 Å². The minimum Gasteiger partial charge on any atom is -0.480 e. The molecule has 0 aromatic heterocycles. The van der Waals surface area contributed by atoms with Gasteiger partial charge in [-0.3, -0.25) is 10.1 Å². The van der Waals surface area contributed by atoms with Crippen molar-refractivity contribution in [3.8, 4) is 0 Å². The molecule has 0 bridgehead atoms. The van der Waals surface area contributed by atoms with Crippen LogP contribution in [0.4, 0.5) is 0 Å². The summed E-state index contributed by atoms with van der Waals surface area (Å²) >= 11 is 0. The van der Waals surface area contributed by atoms with Crippen molar-refractivity contribution in [1.82, 2.24) is 5.32 Å². The molecule has 0 aliphatic heterocycles. The first-order chi connectivity index (χ1) is 8.60. The van der Waals surface area contributed by atoms with Gasteiger partial charge in [0, 0.05) is 6.54 Å². The Balaban J connectivity index is 1.95. The fourth-order valence-electron chi connectivity index (χ4n) is 2.40. The predicted molar refractivity (Wildman–Crippen MR) is 71.3 cm³/mol. The molecule has 2 N–H and O–H groups in total. The van der Waals surface area contributed by atoms with E-state index >= 15 is 0 Å². The number of carboxylic acids is 1. The maximum atomic E-state index is 11.5. The molecule has 0 amide bonds. The Bertz CT molecular complexity index is 400. The number of rotatable bonds is 6. The molecule has 1 aromatic rings. The highest BCUT2D eigenvalue weighted by Gasteiger charge is 2.36. The van der Waals surface area contributed by atoms with Gasteiger partial charge in [0.15, 0.2) is 0 Å². The van der Waals surface area contributed by atoms with Gasteiger partial charge in [0.25, 0.3) is 0 Å². The number of hydrogen-bond acceptors (Lipinski definition) is 2. The fraction of sp³-hybridized carbons (Fsp3) is 0.533. The summed E-state index contributed by atoms with van der Waals surface area (Å²) in [6.45, 7) is 2.41. The van der Waals surface area contributed by atoms with Gasteiger partial charge in [-0.1, -0.05) is 49.6 Å². The largest absolute Gasteiger partial charge is 0.480 e. The molecule has 2 rings (SSSR count). The van der Waals surface area contributed by atoms with Crippen molar-refractivity contribution in [2.45, 2.75) is 44.7 Å². The zero-order valence-electron chi connectivity index (χ0n) is 10.9. The van der Waals surface area contributed by atoms with Crippen LogP contribution >= 0.6 is 0 Å². The quantitative estimate of drug-likeness (QED) is 0.812. The lowest BCUT2D eigenvalue weighted by Crippen LogP contribution is -2.51. The highest BCUT2D eigenvalue weighted by atomic mass is 16.4. The van der Waals surface area contributed by atoms with Gasteiger partial charge in [0.1, 0.15) is 5.54 Å². The first-order valence-corrected chi connectivity index (χ1v) is 6.62. The van der Waals surface area contributed by atoms with Gasteiger partial charge >= 0.3 is 5.97 Å². The Labute approximate surface area is 108 Å². The molecule has 3 nitrogen and oxygen atoms in total. The number of aliphatic carboxylic acids is 1. The van der Waals surface area contributed by atoms with E-state index in [1.165, 1.54) is 19.3 Å². The van der Waals surface area contributed by atoms with Crippen molar-refractivity contribution in [3.05, 3.63) is 35.9 Å². The van der Waals surface area contributed by atoms with Crippen LogP contribution < -0.4 is 5.32 Å². The smallest absolute Gasteiger partial charge is 0.323 e. The molecule has 1 atom stereocenters. The Kier molecular flexibility index (Phi) is 4.02. The Morgan fingerprint density at radius 2 is 2.06 bits per heavy atom. The lowest BCUT2D eigenvalue weighted by Gasteiger charge is -2.34. The van der Waals surface area contributed by atoms with E-state index in [0.717, 1.165) is 12.0 Å². The van der Waals surface area contributed by atoms with Crippen molar-refractivity contribution >= 4 is 5.97 Å². The molecule has 1 aliphatic rings. The maximum Gasteiger partial charge on any atom is 0.323 e. The lowest BCUT2D eigenvalue weighted by molar-refractivity contribution is -0.145. The SMILES string of the molecule is CC(CC1CCC1)(NCc1ccccc1)C(=O)O. The Morgan fingerprint density at radius 1 is 1.39 bits per heavy atom. The van der Waals surface area contributed by atoms with Crippen molar-refractivity contribution < 1.29 is 9.90 Å². The van der Waals surface area contributed by atoms with Crippen LogP contribution in [0, 0.1) is 5.92 Å². The van der Waals surface area contributed by atoms with Crippen LogP contribution in [0.3, 0.4) is 0 Å². The van der Waals surface area contributed by atoms with E-state index in [1.807, 2.05) is 30.3 Å². The Morgan fingerprint density at radius 3 is 2.56 bits per heavy atom. The second-order valence-corrected chi connectivity index (χ2v) is 5.48. The number of nitrogens with one attached hydrogen (secondary N) is 1. The monoisotopic (exact) mass is 247 g/mol. The second kappa shape index (κ2) is 5.53. The van der Waals surface area contributed by atoms with Crippen molar-refractivity contribution in [2.75, 3.05) is 0 Å². The molecule has 1 unspecified atom stereocenters. The summed E-state index contributed by atoms with van der Waals surface area (Å²) < 4.78 is 0. The van der Waals surface area contributed by atoms with Crippen LogP contribution in [-0.2, 0) is 11.3 Å². The molecule has 0 spiro atoms. The van der Waals surface area contributed by atoms with Crippen molar-refractivity contribution in [3.63, 3.8) is 0 Å². The molecular weight excluding hydrogens is 226 g/mol. The van der Waals surface area contributed by atoms with E-state index in [4.69, 9.17) is 0 Å². The first-order valence-electron chi connectivity index (χ1n) is 6.62. The highest BCUT2D eigenvalue weighted by molar-refractivity contribution is 5.78. The molecular formula is C15H21NO2. The second-order valence-electron chi connectivity index (χ2n) is 5.48. The molecule has 18 heavy (non-hydrogen) atoms. The van der Waals surface area contributed by atoms with Crippen LogP contribution in [0.2, 0.25) is 0 Å². The average Bonchev–Trinajstić information content (AvgIpc) is 2.33. The zero-order valence-corrected chi connectivity index (χ0v) is 10.9. The Hall–Kier alpha value is -1.35. The van der Waals surface area contributed by atoms with E-state index in [1.54, 1.807) is 6.92 Å². The van der Waals surface area contributed by atoms with Gasteiger partial charge in [-0.05, 0) is 24.8 Å². The zero-order chi connectivity index (χ0) is 13.0. The van der Waals surface area contributed by atoms with Crippen LogP contribution in [0.15, 0.2) is 30.3 Å². The summed E-state index contributed by atoms with van der Waals surface area (Å²) in [5.41, 5.74) is 0.319. The topological polar surface area (TPSA) is 49.3 Å². The van der Waals surface area contributed by atoms with Gasteiger partial charge in [0.05, 0.1) is 0 Å². The molecule has 1 aromatic carbocycles. The summed E-state index contributed by atoms with van der Waals surface area (Å²) in [5.74, 6) is -0.167. The van der Waals surface area contributed by atoms with Crippen LogP contribution in [0.1, 0.15) is 38.2 Å². The van der Waals surface area contributed by atoms with Gasteiger partial charge in [-0.2, -0.15) is 0 Å². The van der Waals surface area contributed by atoms with Crippen molar-refractivity contribution in [1.29, 1.82) is 0 Å². The number of hydrogen-bond donors (Lipinski definition) is 2. The van der Waals surface area contributed by atoms with E-state index in [-0.39, 0.29) is 0 Å². The summed E-state index contributed by atoms with van der Waals surface area (Å²) in [6, 6.07) is 9.94. The molecule has 1 aliphatic carbocycles. The van der Waals surface area contributed by atoms with Gasteiger partial charge in [0.2, 0.25) is 0 Å². The van der Waals surface area contributed by atoms with E-state index in [9.17, 15) is 9.90 Å². The molecule has 98 valence electrons. The lowest BCUT2D eigenvalue weighted by atomic mass is 9.76. The standard InChI is InChI=1S/C15H21NO2/c1-15(14(17)18,10-12-8-5-9-12)16-11-13-6-3-2-4-7-13/h2-4,6-7,12,16H,5,8-11H2,1H3,(H,17,18). The van der Waals surface area contributed by atoms with Crippen molar-refractivity contribution in [2.24, 2.45) is 5.92 Å². The van der Waals surface area contributed by atoms with Crippen LogP contribution in [-0.4, -0.2) is 16.6 Å². The number of carbonyl (C=O) groups is 1. The van der Waals surface area contributed by atoms with E-state index in [2.05, 4.69) is 5.32 Å². The normalized spacial score (nSPS) is 18.9. The first kappa shape index (κ1) is 13.1. The third-order valence-corrected chi connectivity index (χ3v) is 3.92. The summed E-state index contributed by atoms with van der Waals surface area (Å²) in [7, 11) is 0. The average molecular weight is 247 g/mol.